The van der Waals surface area contributed by atoms with E-state index in [0.29, 0.717) is 0 Å². The van der Waals surface area contributed by atoms with E-state index in [9.17, 15) is 0 Å². The Morgan fingerprint density at radius 2 is 1.29 bits per heavy atom. The second kappa shape index (κ2) is 9.50. The highest BCUT2D eigenvalue weighted by atomic mass is 79.9. The number of alkyl halides is 1. The fourth-order valence-electron chi connectivity index (χ4n) is 1.41. The van der Waals surface area contributed by atoms with Crippen molar-refractivity contribution in [1.82, 2.24) is 0 Å². The van der Waals surface area contributed by atoms with Gasteiger partial charge in [-0.05, 0) is 19.0 Å². The van der Waals surface area contributed by atoms with Gasteiger partial charge in [-0.15, -0.1) is 22.2 Å². The highest BCUT2D eigenvalue weighted by Gasteiger charge is 2.19. The zero-order chi connectivity index (χ0) is 10.9. The van der Waals surface area contributed by atoms with E-state index in [-0.39, 0.29) is 0 Å². The molecule has 0 bridgehead atoms. The van der Waals surface area contributed by atoms with E-state index in [2.05, 4.69) is 15.9 Å². The summed E-state index contributed by atoms with van der Waals surface area (Å²) in [5.41, 5.74) is 0. The van der Waals surface area contributed by atoms with Gasteiger partial charge in [0.2, 0.25) is 6.69 Å². The van der Waals surface area contributed by atoms with Crippen molar-refractivity contribution in [3.63, 3.8) is 0 Å². The topological polar surface area (TPSA) is 0 Å². The van der Waals surface area contributed by atoms with Crippen LogP contribution in [-0.2, 0) is 0 Å². The summed E-state index contributed by atoms with van der Waals surface area (Å²) < 4.78 is 0. The molecule has 0 heterocycles. The fraction of sp³-hybridized carbons (Fsp3) is 1.00. The normalized spacial score (nSPS) is 12.0. The zero-order valence-corrected chi connectivity index (χ0v) is 13.1. The van der Waals surface area contributed by atoms with Crippen molar-refractivity contribution in [3.05, 3.63) is 0 Å². The van der Waals surface area contributed by atoms with Crippen molar-refractivity contribution in [2.24, 2.45) is 0 Å². The number of halogens is 3. The number of unbranched alkanes of at least 4 members (excludes halogenated alkanes) is 6. The monoisotopic (exact) mass is 318 g/mol. The average molecular weight is 320 g/mol. The second-order valence-corrected chi connectivity index (χ2v) is 13.0. The first-order valence-corrected chi connectivity index (χ1v) is 11.4. The van der Waals surface area contributed by atoms with E-state index >= 15 is 0 Å². The Kier molecular flexibility index (Phi) is 10.4. The number of hydrogen-bond acceptors (Lipinski definition) is 0. The third-order valence-electron chi connectivity index (χ3n) is 2.25. The molecular weight excluding hydrogens is 299 g/mol. The number of hydrogen-bond donors (Lipinski definition) is 0. The first-order chi connectivity index (χ1) is 6.56. The Morgan fingerprint density at radius 1 is 0.857 bits per heavy atom. The van der Waals surface area contributed by atoms with Crippen LogP contribution in [0, 0.1) is 0 Å². The molecule has 0 spiro atoms. The Labute approximate surface area is 107 Å². The Balaban J connectivity index is 2.99. The van der Waals surface area contributed by atoms with Crippen LogP contribution in [0.15, 0.2) is 0 Å². The maximum absolute atomic E-state index is 6.01. The molecule has 0 aromatic heterocycles. The van der Waals surface area contributed by atoms with Gasteiger partial charge in [-0.2, -0.15) is 0 Å². The molecule has 4 heteroatoms. The van der Waals surface area contributed by atoms with Crippen molar-refractivity contribution in [3.8, 4) is 0 Å². The molecule has 0 amide bonds. The third kappa shape index (κ3) is 13.3. The SMILES string of the molecule is C[Si](Cl)(Cl)CCCCCCCCCBr. The first-order valence-electron chi connectivity index (χ1n) is 5.50. The molecule has 86 valence electrons. The molecule has 0 aromatic carbocycles. The van der Waals surface area contributed by atoms with Crippen molar-refractivity contribution in [1.29, 1.82) is 0 Å². The van der Waals surface area contributed by atoms with Crippen LogP contribution in [-0.4, -0.2) is 12.0 Å². The van der Waals surface area contributed by atoms with Crippen LogP contribution in [0.3, 0.4) is 0 Å². The molecule has 0 unspecified atom stereocenters. The van der Waals surface area contributed by atoms with Crippen LogP contribution < -0.4 is 0 Å². The maximum atomic E-state index is 6.01. The molecule has 0 saturated carbocycles. The standard InChI is InChI=1S/C10H21BrCl2Si/c1-14(12,13)10-8-6-4-2-3-5-7-9-11/h2-10H2,1H3. The fourth-order valence-corrected chi connectivity index (χ4v) is 3.48. The van der Waals surface area contributed by atoms with Crippen molar-refractivity contribution in [2.45, 2.75) is 57.5 Å². The summed E-state index contributed by atoms with van der Waals surface area (Å²) in [5.74, 6) is 0. The summed E-state index contributed by atoms with van der Waals surface area (Å²) in [5, 5.41) is 1.15. The first kappa shape index (κ1) is 15.3. The lowest BCUT2D eigenvalue weighted by atomic mass is 10.1. The maximum Gasteiger partial charge on any atom is 0.248 e. The van der Waals surface area contributed by atoms with Gasteiger partial charge in [0.05, 0.1) is 0 Å². The molecule has 0 aliphatic rings. The summed E-state index contributed by atoms with van der Waals surface area (Å²) in [6.45, 7) is 0.206. The number of rotatable bonds is 9. The van der Waals surface area contributed by atoms with Crippen LogP contribution >= 0.6 is 38.1 Å². The van der Waals surface area contributed by atoms with Crippen LogP contribution in [0.4, 0.5) is 0 Å². The lowest BCUT2D eigenvalue weighted by Crippen LogP contribution is -2.11. The van der Waals surface area contributed by atoms with E-state index in [1.54, 1.807) is 0 Å². The van der Waals surface area contributed by atoms with Crippen molar-refractivity contribution < 1.29 is 0 Å². The van der Waals surface area contributed by atoms with Gasteiger partial charge in [0.25, 0.3) is 0 Å². The summed E-state index contributed by atoms with van der Waals surface area (Å²) >= 11 is 15.5. The Hall–Kier alpha value is 1.28. The Bertz CT molecular complexity index is 126. The average Bonchev–Trinajstić information content (AvgIpc) is 2.08. The van der Waals surface area contributed by atoms with E-state index in [4.69, 9.17) is 22.2 Å². The molecule has 0 radical (unpaired) electrons. The molecule has 0 aromatic rings. The van der Waals surface area contributed by atoms with Gasteiger partial charge in [-0.25, -0.2) is 0 Å². The molecular formula is C10H21BrCl2Si. The van der Waals surface area contributed by atoms with Crippen LogP contribution in [0.2, 0.25) is 12.6 Å². The largest absolute Gasteiger partial charge is 0.248 e. The van der Waals surface area contributed by atoms with Gasteiger partial charge in [0.15, 0.2) is 0 Å². The summed E-state index contributed by atoms with van der Waals surface area (Å²) in [7, 11) is 0. The van der Waals surface area contributed by atoms with Gasteiger partial charge >= 0.3 is 0 Å². The van der Waals surface area contributed by atoms with Gasteiger partial charge in [-0.3, -0.25) is 0 Å². The summed E-state index contributed by atoms with van der Waals surface area (Å²) in [6, 6.07) is 1.05. The van der Waals surface area contributed by atoms with Gasteiger partial charge in [0.1, 0.15) is 0 Å². The second-order valence-electron chi connectivity index (χ2n) is 3.98. The van der Waals surface area contributed by atoms with Crippen LogP contribution in [0.1, 0.15) is 44.9 Å². The molecule has 0 aliphatic carbocycles. The van der Waals surface area contributed by atoms with Crippen molar-refractivity contribution in [2.75, 3.05) is 5.33 Å². The molecule has 0 aliphatic heterocycles. The molecule has 0 nitrogen and oxygen atoms in total. The highest BCUT2D eigenvalue weighted by molar-refractivity contribution is 9.09. The van der Waals surface area contributed by atoms with Gasteiger partial charge < -0.3 is 0 Å². The quantitative estimate of drug-likeness (QED) is 0.222. The van der Waals surface area contributed by atoms with Crippen LogP contribution in [0.5, 0.6) is 0 Å². The van der Waals surface area contributed by atoms with E-state index in [1.165, 1.54) is 44.9 Å². The predicted molar refractivity (Wildman–Crippen MR) is 74.2 cm³/mol. The van der Waals surface area contributed by atoms with E-state index in [0.717, 1.165) is 11.4 Å². The lowest BCUT2D eigenvalue weighted by molar-refractivity contribution is 0.603. The molecule has 0 atom stereocenters. The zero-order valence-electron chi connectivity index (χ0n) is 9.00. The molecule has 14 heavy (non-hydrogen) atoms. The van der Waals surface area contributed by atoms with E-state index < -0.39 is 6.69 Å². The molecule has 0 N–H and O–H groups in total. The minimum absolute atomic E-state index is 1.05. The molecule has 0 saturated heterocycles. The lowest BCUT2D eigenvalue weighted by Gasteiger charge is -2.08. The van der Waals surface area contributed by atoms with Gasteiger partial charge in [0, 0.05) is 5.33 Å². The summed E-state index contributed by atoms with van der Waals surface area (Å²) in [4.78, 5) is 0. The molecule has 0 fully saturated rings. The third-order valence-corrected chi connectivity index (χ3v) is 5.18. The van der Waals surface area contributed by atoms with E-state index in [1.807, 2.05) is 6.55 Å². The molecule has 0 rings (SSSR count). The smallest absolute Gasteiger partial charge is 0.146 e. The minimum atomic E-state index is -1.80. The van der Waals surface area contributed by atoms with Crippen LogP contribution in [0.25, 0.3) is 0 Å². The predicted octanol–water partition coefficient (Wildman–Crippen LogP) is 5.66. The minimum Gasteiger partial charge on any atom is -0.146 e. The summed E-state index contributed by atoms with van der Waals surface area (Å²) in [6.07, 6.45) is 9.29. The van der Waals surface area contributed by atoms with Gasteiger partial charge in [-0.1, -0.05) is 54.5 Å². The van der Waals surface area contributed by atoms with Crippen molar-refractivity contribution >= 4 is 44.8 Å². The Morgan fingerprint density at radius 3 is 1.71 bits per heavy atom. The highest BCUT2D eigenvalue weighted by Crippen LogP contribution is 2.23.